The molecule has 0 unspecified atom stereocenters. The number of nitrogens with zero attached hydrogens (tertiary/aromatic N) is 6. The summed E-state index contributed by atoms with van der Waals surface area (Å²) in [6.45, 7) is 6.44. The average Bonchev–Trinajstić information content (AvgIpc) is 3.93. The van der Waals surface area contributed by atoms with E-state index in [0.29, 0.717) is 66.5 Å². The molecule has 6 aromatic rings. The molecular weight excluding hydrogens is 769 g/mol. The van der Waals surface area contributed by atoms with Gasteiger partial charge in [0.25, 0.3) is 11.5 Å². The molecule has 58 heavy (non-hydrogen) atoms. The number of ether oxygens (including phenoxy) is 2. The van der Waals surface area contributed by atoms with Gasteiger partial charge in [0, 0.05) is 70.7 Å². The molecule has 0 radical (unpaired) electrons. The summed E-state index contributed by atoms with van der Waals surface area (Å²) in [4.78, 5) is 50.6. The molecule has 298 valence electrons. The second-order valence-electron chi connectivity index (χ2n) is 15.1. The van der Waals surface area contributed by atoms with E-state index < -0.39 is 0 Å². The van der Waals surface area contributed by atoms with Crippen molar-refractivity contribution >= 4 is 44.9 Å². The molecule has 9 rings (SSSR count). The van der Waals surface area contributed by atoms with Crippen LogP contribution in [0.1, 0.15) is 77.7 Å². The summed E-state index contributed by atoms with van der Waals surface area (Å²) in [5.41, 5.74) is 6.66. The normalized spacial score (nSPS) is 18.1. The predicted octanol–water partition coefficient (Wildman–Crippen LogP) is 7.48. The number of benzene rings is 3. The molecule has 6 heterocycles. The molecule has 11 nitrogen and oxygen atoms in total. The number of piperidine rings is 1. The molecule has 3 aliphatic heterocycles. The van der Waals surface area contributed by atoms with Crippen molar-refractivity contribution in [2.75, 3.05) is 38.3 Å². The van der Waals surface area contributed by atoms with Gasteiger partial charge in [-0.1, -0.05) is 42.5 Å². The van der Waals surface area contributed by atoms with Gasteiger partial charge in [-0.25, -0.2) is 4.79 Å². The van der Waals surface area contributed by atoms with Crippen LogP contribution in [-0.2, 0) is 13.1 Å². The minimum Gasteiger partial charge on any atom is -0.493 e. The fourth-order valence-corrected chi connectivity index (χ4v) is 11.0. The monoisotopic (exact) mass is 814 g/mol. The van der Waals surface area contributed by atoms with Crippen LogP contribution in [0.15, 0.2) is 99.8 Å². The van der Waals surface area contributed by atoms with Gasteiger partial charge in [0.1, 0.15) is 4.70 Å². The summed E-state index contributed by atoms with van der Waals surface area (Å²) in [7, 11) is 1.66. The Morgan fingerprint density at radius 1 is 0.931 bits per heavy atom. The largest absolute Gasteiger partial charge is 0.493 e. The zero-order valence-corrected chi connectivity index (χ0v) is 34.6. The number of aryl methyl sites for hydroxylation is 1. The average molecular weight is 815 g/mol. The van der Waals surface area contributed by atoms with Gasteiger partial charge in [0.05, 0.1) is 43.7 Å². The summed E-state index contributed by atoms with van der Waals surface area (Å²) in [6, 6.07) is 23.7. The summed E-state index contributed by atoms with van der Waals surface area (Å²) in [5.74, 6) is 3.79. The van der Waals surface area contributed by atoms with Crippen molar-refractivity contribution in [3.8, 4) is 21.9 Å². The summed E-state index contributed by atoms with van der Waals surface area (Å²) in [6.07, 6.45) is 5.73. The number of fused-ring (bicyclic) bond motifs is 4. The highest BCUT2D eigenvalue weighted by Gasteiger charge is 2.35. The first kappa shape index (κ1) is 38.1. The summed E-state index contributed by atoms with van der Waals surface area (Å²) in [5, 5.41) is 4.42. The number of carbonyl (C=O) groups excluding carboxylic acids is 1. The Balaban J connectivity index is 0.967. The van der Waals surface area contributed by atoms with Crippen LogP contribution >= 0.6 is 23.1 Å². The Kier molecular flexibility index (Phi) is 10.6. The lowest BCUT2D eigenvalue weighted by Crippen LogP contribution is -2.46. The molecule has 0 spiro atoms. The molecule has 3 aliphatic rings. The molecule has 3 aromatic carbocycles. The zero-order valence-electron chi connectivity index (χ0n) is 32.9. The van der Waals surface area contributed by atoms with Crippen molar-refractivity contribution in [1.29, 1.82) is 0 Å². The van der Waals surface area contributed by atoms with Crippen LogP contribution in [0.25, 0.3) is 20.7 Å². The van der Waals surface area contributed by atoms with Crippen LogP contribution in [0.4, 0.5) is 0 Å². The number of aliphatic imine (C=N–C) groups is 1. The molecule has 1 amide bonds. The van der Waals surface area contributed by atoms with E-state index in [1.165, 1.54) is 21.5 Å². The van der Waals surface area contributed by atoms with Crippen molar-refractivity contribution in [2.45, 2.75) is 64.2 Å². The number of aromatic nitrogens is 4. The van der Waals surface area contributed by atoms with Gasteiger partial charge >= 0.3 is 5.69 Å². The number of thiophene rings is 1. The quantitative estimate of drug-likeness (QED) is 0.141. The van der Waals surface area contributed by atoms with Crippen molar-refractivity contribution in [3.05, 3.63) is 134 Å². The maximum atomic E-state index is 14.4. The lowest BCUT2D eigenvalue weighted by atomic mass is 9.81. The molecule has 2 saturated heterocycles. The minimum absolute atomic E-state index is 0.0673. The maximum Gasteiger partial charge on any atom is 0.332 e. The summed E-state index contributed by atoms with van der Waals surface area (Å²) >= 11 is 3.39. The van der Waals surface area contributed by atoms with Crippen molar-refractivity contribution < 1.29 is 14.3 Å². The molecule has 0 bridgehead atoms. The van der Waals surface area contributed by atoms with Gasteiger partial charge in [-0.05, 0) is 80.3 Å². The molecule has 0 aliphatic carbocycles. The highest BCUT2D eigenvalue weighted by atomic mass is 32.2. The zero-order chi connectivity index (χ0) is 39.9. The molecule has 2 atom stereocenters. The van der Waals surface area contributed by atoms with E-state index in [1.807, 2.05) is 102 Å². The first-order valence-corrected chi connectivity index (χ1v) is 22.1. The van der Waals surface area contributed by atoms with E-state index in [4.69, 9.17) is 14.5 Å². The van der Waals surface area contributed by atoms with Crippen LogP contribution < -0.4 is 20.7 Å². The lowest BCUT2D eigenvalue weighted by Gasteiger charge is -2.35. The smallest absolute Gasteiger partial charge is 0.332 e. The van der Waals surface area contributed by atoms with Crippen LogP contribution in [0.5, 0.6) is 11.5 Å². The highest BCUT2D eigenvalue weighted by Crippen LogP contribution is 2.44. The molecule has 13 heteroatoms. The van der Waals surface area contributed by atoms with Crippen molar-refractivity contribution in [2.24, 2.45) is 4.99 Å². The number of thioether (sulfide) groups is 1. The van der Waals surface area contributed by atoms with E-state index in [1.54, 1.807) is 17.9 Å². The molecule has 0 saturated carbocycles. The fourth-order valence-electron chi connectivity index (χ4n) is 8.67. The van der Waals surface area contributed by atoms with Crippen LogP contribution in [0.3, 0.4) is 0 Å². The van der Waals surface area contributed by atoms with Crippen LogP contribution in [0, 0.1) is 0 Å². The van der Waals surface area contributed by atoms with Gasteiger partial charge < -0.3 is 14.4 Å². The minimum atomic E-state index is -0.339. The number of hydrogen-bond acceptors (Lipinski definition) is 9. The standard InChI is InChI=1S/C45H46N6O5S2/c1-4-49-25-28(24-46-49)26-50-37-23-40(29-9-7-6-8-10-29)58-42(37)44(53)51(45(50)54)32-15-18-48(19-16-32)43(52)31-13-11-30(12-14-31)41-34-22-38(55-3)39(56-5-2)21-33(34)35-27-57-20-17-36(35)47-41/h6-14,21-25,32,35-36H,4-5,15-20,26-27H2,1-3H3/t35-,36-/m1/s1. The first-order chi connectivity index (χ1) is 28.3. The third-order valence-corrected chi connectivity index (χ3v) is 14.0. The molecular formula is C45H46N6O5S2. The van der Waals surface area contributed by atoms with E-state index >= 15 is 0 Å². The highest BCUT2D eigenvalue weighted by molar-refractivity contribution is 7.99. The third kappa shape index (κ3) is 6.97. The van der Waals surface area contributed by atoms with Crippen LogP contribution in [0.2, 0.25) is 0 Å². The molecule has 2 fully saturated rings. The van der Waals surface area contributed by atoms with Gasteiger partial charge in [-0.2, -0.15) is 16.9 Å². The van der Waals surface area contributed by atoms with Gasteiger partial charge in [0.2, 0.25) is 0 Å². The second-order valence-corrected chi connectivity index (χ2v) is 17.3. The SMILES string of the molecule is CCOc1cc2c(cc1OC)C(c1ccc(C(=O)N3CCC(n4c(=O)c5sc(-c6ccccc6)cc5n(Cc5cnn(CC)c5)c4=O)CC3)cc1)=N[C@@H]1CCSC[C@H]21. The topological polar surface area (TPSA) is 113 Å². The van der Waals surface area contributed by atoms with Crippen LogP contribution in [-0.4, -0.2) is 79.8 Å². The Bertz CT molecular complexity index is 2640. The Morgan fingerprint density at radius 2 is 1.72 bits per heavy atom. The fraction of sp³-hybridized carbons (Fsp3) is 0.356. The van der Waals surface area contributed by atoms with Gasteiger partial charge in [-0.15, -0.1) is 11.3 Å². The van der Waals surface area contributed by atoms with E-state index in [-0.39, 0.29) is 29.2 Å². The van der Waals surface area contributed by atoms with Crippen molar-refractivity contribution in [3.63, 3.8) is 0 Å². The first-order valence-electron chi connectivity index (χ1n) is 20.1. The lowest BCUT2D eigenvalue weighted by molar-refractivity contribution is 0.0691. The third-order valence-electron chi connectivity index (χ3n) is 11.7. The van der Waals surface area contributed by atoms with E-state index in [0.717, 1.165) is 63.1 Å². The second kappa shape index (κ2) is 16.1. The van der Waals surface area contributed by atoms with E-state index in [9.17, 15) is 14.4 Å². The Hall–Kier alpha value is -5.40. The Morgan fingerprint density at radius 3 is 2.45 bits per heavy atom. The van der Waals surface area contributed by atoms with Gasteiger partial charge in [-0.3, -0.25) is 28.4 Å². The molecule has 3 aromatic heterocycles. The predicted molar refractivity (Wildman–Crippen MR) is 232 cm³/mol. The summed E-state index contributed by atoms with van der Waals surface area (Å²) < 4.78 is 17.3. The van der Waals surface area contributed by atoms with E-state index in [2.05, 4.69) is 17.2 Å². The Labute approximate surface area is 344 Å². The maximum absolute atomic E-state index is 14.4. The number of methoxy groups -OCH3 is 1. The number of rotatable bonds is 10. The number of amides is 1. The van der Waals surface area contributed by atoms with Crippen molar-refractivity contribution in [1.82, 2.24) is 23.8 Å². The number of hydrogen-bond donors (Lipinski definition) is 0. The van der Waals surface area contributed by atoms with Gasteiger partial charge in [0.15, 0.2) is 11.5 Å². The molecule has 0 N–H and O–H groups in total. The number of carbonyl (C=O) groups is 1. The number of likely N-dealkylation sites (tertiary alicyclic amines) is 1.